The van der Waals surface area contributed by atoms with Gasteiger partial charge < -0.3 is 4.74 Å². The van der Waals surface area contributed by atoms with Crippen molar-refractivity contribution in [3.05, 3.63) is 36.5 Å². The molecule has 2 rings (SSSR count). The molecule has 14 heavy (non-hydrogen) atoms. The number of rotatable bonds is 2. The molecule has 0 aliphatic heterocycles. The van der Waals surface area contributed by atoms with Gasteiger partial charge in [0.15, 0.2) is 5.56 Å². The highest BCUT2D eigenvalue weighted by atomic mass is 35.5. The van der Waals surface area contributed by atoms with Crippen LogP contribution >= 0.6 is 11.6 Å². The molecule has 0 spiro atoms. The lowest BCUT2D eigenvalue weighted by atomic mass is 10.2. The van der Waals surface area contributed by atoms with Gasteiger partial charge in [-0.05, 0) is 12.3 Å². The van der Waals surface area contributed by atoms with Crippen molar-refractivity contribution in [3.63, 3.8) is 0 Å². The average Bonchev–Trinajstić information content (AvgIpc) is 2.17. The maximum absolute atomic E-state index is 5.70. The number of hydrogen-bond acceptors (Lipinski definition) is 2. The van der Waals surface area contributed by atoms with Crippen LogP contribution in [0.15, 0.2) is 36.5 Å². The van der Waals surface area contributed by atoms with Gasteiger partial charge in [-0.25, -0.2) is 4.98 Å². The van der Waals surface area contributed by atoms with Crippen LogP contribution in [0.2, 0.25) is 0 Å². The van der Waals surface area contributed by atoms with Crippen LogP contribution in [0.5, 0.6) is 5.88 Å². The first kappa shape index (κ1) is 9.28. The van der Waals surface area contributed by atoms with Crippen molar-refractivity contribution >= 4 is 22.4 Å². The Morgan fingerprint density at radius 3 is 2.71 bits per heavy atom. The predicted octanol–water partition coefficient (Wildman–Crippen LogP) is 3.20. The molecule has 2 aromatic rings. The lowest BCUT2D eigenvalue weighted by molar-refractivity contribution is 0.290. The Morgan fingerprint density at radius 1 is 1.29 bits per heavy atom. The van der Waals surface area contributed by atoms with E-state index in [1.807, 2.05) is 30.3 Å². The first-order chi connectivity index (χ1) is 6.75. The largest absolute Gasteiger partial charge is 0.458 e. The Kier molecular flexibility index (Phi) is 2.55. The van der Waals surface area contributed by atoms with E-state index in [2.05, 4.69) is 4.98 Å². The number of alkyl halides is 1. The Hall–Kier alpha value is -1.28. The van der Waals surface area contributed by atoms with Crippen molar-refractivity contribution in [1.82, 2.24) is 4.98 Å². The molecular weight excluding hydrogens is 198 g/mol. The molecule has 1 atom stereocenters. The number of pyridine rings is 1. The first-order valence-corrected chi connectivity index (χ1v) is 4.85. The smallest absolute Gasteiger partial charge is 0.215 e. The van der Waals surface area contributed by atoms with Crippen molar-refractivity contribution in [1.29, 1.82) is 0 Å². The summed E-state index contributed by atoms with van der Waals surface area (Å²) in [6.07, 6.45) is 1.78. The van der Waals surface area contributed by atoms with Crippen molar-refractivity contribution in [2.75, 3.05) is 0 Å². The summed E-state index contributed by atoms with van der Waals surface area (Å²) in [5, 5.41) is 2.21. The fraction of sp³-hybridized carbons (Fsp3) is 0.182. The molecule has 0 aliphatic carbocycles. The Balaban J connectivity index is 2.41. The summed E-state index contributed by atoms with van der Waals surface area (Å²) in [6, 6.07) is 9.87. The van der Waals surface area contributed by atoms with Crippen LogP contribution in [-0.4, -0.2) is 10.5 Å². The fourth-order valence-electron chi connectivity index (χ4n) is 1.29. The number of halogens is 1. The van der Waals surface area contributed by atoms with Gasteiger partial charge in [-0.15, -0.1) is 0 Å². The molecule has 0 fully saturated rings. The van der Waals surface area contributed by atoms with Crippen LogP contribution in [0.3, 0.4) is 0 Å². The van der Waals surface area contributed by atoms with E-state index in [1.165, 1.54) is 0 Å². The summed E-state index contributed by atoms with van der Waals surface area (Å²) < 4.78 is 5.28. The molecule has 3 heteroatoms. The normalized spacial score (nSPS) is 12.7. The minimum atomic E-state index is -0.358. The zero-order valence-corrected chi connectivity index (χ0v) is 8.53. The van der Waals surface area contributed by atoms with E-state index in [1.54, 1.807) is 13.1 Å². The molecule has 1 aromatic heterocycles. The maximum atomic E-state index is 5.70. The molecule has 0 saturated heterocycles. The quantitative estimate of drug-likeness (QED) is 0.706. The molecule has 0 bridgehead atoms. The Morgan fingerprint density at radius 2 is 2.00 bits per heavy atom. The summed E-state index contributed by atoms with van der Waals surface area (Å²) >= 11 is 5.70. The predicted molar refractivity (Wildman–Crippen MR) is 57.7 cm³/mol. The highest BCUT2D eigenvalue weighted by Gasteiger charge is 2.01. The van der Waals surface area contributed by atoms with E-state index in [0.717, 1.165) is 10.8 Å². The van der Waals surface area contributed by atoms with Gasteiger partial charge in [0.25, 0.3) is 0 Å². The van der Waals surface area contributed by atoms with Gasteiger partial charge in [0.05, 0.1) is 0 Å². The molecule has 1 unspecified atom stereocenters. The number of benzene rings is 1. The summed E-state index contributed by atoms with van der Waals surface area (Å²) in [7, 11) is 0. The van der Waals surface area contributed by atoms with Crippen molar-refractivity contribution in [2.24, 2.45) is 0 Å². The Labute approximate surface area is 87.5 Å². The molecule has 0 amide bonds. The van der Waals surface area contributed by atoms with Gasteiger partial charge in [-0.3, -0.25) is 0 Å². The topological polar surface area (TPSA) is 22.1 Å². The van der Waals surface area contributed by atoms with Gasteiger partial charge in [0.2, 0.25) is 5.88 Å². The van der Waals surface area contributed by atoms with Crippen molar-refractivity contribution in [3.8, 4) is 5.88 Å². The molecule has 1 heterocycles. The summed E-state index contributed by atoms with van der Waals surface area (Å²) in [5.74, 6) is 0.561. The number of aromatic nitrogens is 1. The van der Waals surface area contributed by atoms with Crippen LogP contribution in [-0.2, 0) is 0 Å². The highest BCUT2D eigenvalue weighted by Crippen LogP contribution is 2.18. The van der Waals surface area contributed by atoms with E-state index < -0.39 is 0 Å². The van der Waals surface area contributed by atoms with Gasteiger partial charge in [-0.1, -0.05) is 35.9 Å². The molecule has 0 N–H and O–H groups in total. The summed E-state index contributed by atoms with van der Waals surface area (Å²) in [4.78, 5) is 4.14. The highest BCUT2D eigenvalue weighted by molar-refractivity contribution is 6.19. The van der Waals surface area contributed by atoms with Gasteiger partial charge in [0.1, 0.15) is 0 Å². The Bertz CT molecular complexity index is 442. The molecule has 0 saturated carbocycles. The second-order valence-corrected chi connectivity index (χ2v) is 3.65. The SMILES string of the molecule is CC(Cl)Oc1cc2ccccc2cn1. The third-order valence-electron chi connectivity index (χ3n) is 1.89. The van der Waals surface area contributed by atoms with Crippen molar-refractivity contribution < 1.29 is 4.74 Å². The van der Waals surface area contributed by atoms with Crippen LogP contribution < -0.4 is 4.74 Å². The van der Waals surface area contributed by atoms with Gasteiger partial charge in [-0.2, -0.15) is 0 Å². The molecule has 1 aromatic carbocycles. The second-order valence-electron chi connectivity index (χ2n) is 3.03. The van der Waals surface area contributed by atoms with E-state index in [-0.39, 0.29) is 5.56 Å². The molecule has 2 nitrogen and oxygen atoms in total. The van der Waals surface area contributed by atoms with E-state index in [9.17, 15) is 0 Å². The van der Waals surface area contributed by atoms with Gasteiger partial charge in [0, 0.05) is 17.6 Å². The van der Waals surface area contributed by atoms with Crippen LogP contribution in [0, 0.1) is 0 Å². The number of ether oxygens (including phenoxy) is 1. The molecule has 72 valence electrons. The number of nitrogens with zero attached hydrogens (tertiary/aromatic N) is 1. The fourth-order valence-corrected chi connectivity index (χ4v) is 1.39. The molecule has 0 radical (unpaired) electrons. The summed E-state index contributed by atoms with van der Waals surface area (Å²) in [6.45, 7) is 1.76. The lowest BCUT2D eigenvalue weighted by Crippen LogP contribution is -2.03. The van der Waals surface area contributed by atoms with Crippen LogP contribution in [0.25, 0.3) is 10.8 Å². The monoisotopic (exact) mass is 207 g/mol. The van der Waals surface area contributed by atoms with Crippen molar-refractivity contribution in [2.45, 2.75) is 12.5 Å². The average molecular weight is 208 g/mol. The van der Waals surface area contributed by atoms with E-state index in [0.29, 0.717) is 5.88 Å². The zero-order chi connectivity index (χ0) is 9.97. The van der Waals surface area contributed by atoms with Crippen LogP contribution in [0.4, 0.5) is 0 Å². The number of fused-ring (bicyclic) bond motifs is 1. The standard InChI is InChI=1S/C11H10ClNO/c1-8(12)14-11-6-9-4-2-3-5-10(9)7-13-11/h2-8H,1H3. The minimum absolute atomic E-state index is 0.358. The molecule has 0 aliphatic rings. The van der Waals surface area contributed by atoms with Gasteiger partial charge >= 0.3 is 0 Å². The zero-order valence-electron chi connectivity index (χ0n) is 7.77. The third kappa shape index (κ3) is 1.96. The van der Waals surface area contributed by atoms with Crippen LogP contribution in [0.1, 0.15) is 6.92 Å². The number of hydrogen-bond donors (Lipinski definition) is 0. The minimum Gasteiger partial charge on any atom is -0.458 e. The second kappa shape index (κ2) is 3.84. The first-order valence-electron chi connectivity index (χ1n) is 4.41. The van der Waals surface area contributed by atoms with E-state index in [4.69, 9.17) is 16.3 Å². The maximum Gasteiger partial charge on any atom is 0.215 e. The third-order valence-corrected chi connectivity index (χ3v) is 1.98. The molecular formula is C11H10ClNO. The summed E-state index contributed by atoms with van der Waals surface area (Å²) in [5.41, 5.74) is -0.358. The lowest BCUT2D eigenvalue weighted by Gasteiger charge is -2.06. The van der Waals surface area contributed by atoms with E-state index >= 15 is 0 Å².